The largest absolute Gasteiger partial charge is 0.396 e. The zero-order valence-electron chi connectivity index (χ0n) is 17.3. The second-order valence-corrected chi connectivity index (χ2v) is 8.85. The minimum atomic E-state index is -4.48. The number of pyridine rings is 1. The minimum Gasteiger partial charge on any atom is -0.396 e. The molecule has 8 heteroatoms. The summed E-state index contributed by atoms with van der Waals surface area (Å²) >= 11 is 0. The van der Waals surface area contributed by atoms with E-state index in [1.54, 1.807) is 36.5 Å². The lowest BCUT2D eigenvalue weighted by Crippen LogP contribution is -2.01. The van der Waals surface area contributed by atoms with Crippen molar-refractivity contribution in [3.8, 4) is 11.3 Å². The molecule has 0 fully saturated rings. The highest BCUT2D eigenvalue weighted by Gasteiger charge is 2.18. The number of azo groups is 1. The Balaban J connectivity index is 1.52. The van der Waals surface area contributed by atoms with Gasteiger partial charge in [-0.25, -0.2) is 0 Å². The van der Waals surface area contributed by atoms with E-state index < -0.39 is 10.1 Å². The molecule has 0 spiro atoms. The molecular formula is C25H18N4O3S. The number of benzene rings is 4. The summed E-state index contributed by atoms with van der Waals surface area (Å²) in [6.07, 6.45) is 1.58. The summed E-state index contributed by atoms with van der Waals surface area (Å²) in [6.45, 7) is 0. The van der Waals surface area contributed by atoms with Crippen molar-refractivity contribution in [1.29, 1.82) is 0 Å². The van der Waals surface area contributed by atoms with Crippen LogP contribution in [-0.2, 0) is 10.1 Å². The van der Waals surface area contributed by atoms with Crippen LogP contribution in [0.3, 0.4) is 0 Å². The molecule has 0 atom stereocenters. The van der Waals surface area contributed by atoms with Gasteiger partial charge >= 0.3 is 0 Å². The molecule has 5 aromatic rings. The van der Waals surface area contributed by atoms with E-state index in [1.165, 1.54) is 6.07 Å². The molecule has 0 bridgehead atoms. The molecule has 3 N–H and O–H groups in total. The number of fused-ring (bicyclic) bond motifs is 2. The number of hydrogen-bond donors (Lipinski definition) is 2. The monoisotopic (exact) mass is 454 g/mol. The van der Waals surface area contributed by atoms with Crippen molar-refractivity contribution < 1.29 is 13.0 Å². The lowest BCUT2D eigenvalue weighted by Gasteiger charge is -2.09. The minimum absolute atomic E-state index is 0.138. The molecule has 0 radical (unpaired) electrons. The van der Waals surface area contributed by atoms with Crippen molar-refractivity contribution in [2.45, 2.75) is 4.90 Å². The molecule has 0 saturated heterocycles. The molecule has 162 valence electrons. The Morgan fingerprint density at radius 1 is 0.788 bits per heavy atom. The molecule has 0 amide bonds. The van der Waals surface area contributed by atoms with Crippen LogP contribution in [0, 0.1) is 0 Å². The second kappa shape index (κ2) is 8.09. The van der Waals surface area contributed by atoms with Crippen LogP contribution in [0.2, 0.25) is 0 Å². The van der Waals surface area contributed by atoms with Gasteiger partial charge in [-0.1, -0.05) is 66.7 Å². The Morgan fingerprint density at radius 2 is 1.48 bits per heavy atom. The van der Waals surface area contributed by atoms with E-state index in [-0.39, 0.29) is 16.3 Å². The number of rotatable bonds is 4. The molecule has 0 unspecified atom stereocenters. The Kier molecular flexibility index (Phi) is 5.08. The Hall–Kier alpha value is -4.14. The van der Waals surface area contributed by atoms with Crippen LogP contribution in [0.1, 0.15) is 0 Å². The highest BCUT2D eigenvalue weighted by Crippen LogP contribution is 2.37. The SMILES string of the molecule is Nc1c(N=Nc2ccc(-c3cccc4ccccc34)nc2)cc(S(=O)(=O)O)c2ccccc12. The first-order valence-electron chi connectivity index (χ1n) is 10.1. The maximum atomic E-state index is 11.9. The lowest BCUT2D eigenvalue weighted by atomic mass is 10.0. The van der Waals surface area contributed by atoms with E-state index in [4.69, 9.17) is 5.73 Å². The van der Waals surface area contributed by atoms with Gasteiger partial charge in [0.05, 0.1) is 17.6 Å². The normalized spacial score (nSPS) is 12.0. The number of aromatic nitrogens is 1. The van der Waals surface area contributed by atoms with Crippen LogP contribution in [0.25, 0.3) is 32.8 Å². The molecule has 0 saturated carbocycles. The van der Waals surface area contributed by atoms with Crippen LogP contribution >= 0.6 is 0 Å². The first-order chi connectivity index (χ1) is 15.9. The van der Waals surface area contributed by atoms with Gasteiger partial charge in [0.2, 0.25) is 0 Å². The summed E-state index contributed by atoms with van der Waals surface area (Å²) in [5, 5.41) is 11.3. The summed E-state index contributed by atoms with van der Waals surface area (Å²) in [5.41, 5.74) is 8.88. The topological polar surface area (TPSA) is 118 Å². The average Bonchev–Trinajstić information content (AvgIpc) is 2.83. The maximum Gasteiger partial charge on any atom is 0.295 e. The zero-order valence-corrected chi connectivity index (χ0v) is 18.1. The smallest absolute Gasteiger partial charge is 0.295 e. The van der Waals surface area contributed by atoms with Crippen molar-refractivity contribution in [3.05, 3.63) is 91.1 Å². The number of hydrogen-bond acceptors (Lipinski definition) is 6. The number of nitrogen functional groups attached to an aromatic ring is 1. The molecule has 33 heavy (non-hydrogen) atoms. The third-order valence-electron chi connectivity index (χ3n) is 5.39. The predicted octanol–water partition coefficient (Wildman–Crippen LogP) is 6.30. The van der Waals surface area contributed by atoms with Crippen LogP contribution in [0.4, 0.5) is 17.1 Å². The Labute approximate surface area is 190 Å². The number of nitrogens with zero attached hydrogens (tertiary/aromatic N) is 3. The molecular weight excluding hydrogens is 436 g/mol. The van der Waals surface area contributed by atoms with E-state index in [2.05, 4.69) is 33.4 Å². The van der Waals surface area contributed by atoms with Crippen molar-refractivity contribution >= 4 is 48.7 Å². The van der Waals surface area contributed by atoms with E-state index >= 15 is 0 Å². The number of anilines is 1. The molecule has 1 aromatic heterocycles. The summed E-state index contributed by atoms with van der Waals surface area (Å²) in [7, 11) is -4.48. The predicted molar refractivity (Wildman–Crippen MR) is 130 cm³/mol. The summed E-state index contributed by atoms with van der Waals surface area (Å²) < 4.78 is 33.4. The van der Waals surface area contributed by atoms with Gasteiger partial charge in [0, 0.05) is 16.3 Å². The van der Waals surface area contributed by atoms with Crippen LogP contribution in [-0.4, -0.2) is 18.0 Å². The molecule has 0 aliphatic heterocycles. The van der Waals surface area contributed by atoms with Gasteiger partial charge in [-0.15, -0.1) is 10.2 Å². The highest BCUT2D eigenvalue weighted by molar-refractivity contribution is 7.86. The fourth-order valence-electron chi connectivity index (χ4n) is 3.81. The van der Waals surface area contributed by atoms with Gasteiger partial charge in [0.1, 0.15) is 16.3 Å². The van der Waals surface area contributed by atoms with Crippen LogP contribution < -0.4 is 5.73 Å². The van der Waals surface area contributed by atoms with Gasteiger partial charge in [0.25, 0.3) is 10.1 Å². The quantitative estimate of drug-likeness (QED) is 0.188. The molecule has 7 nitrogen and oxygen atoms in total. The van der Waals surface area contributed by atoms with E-state index in [1.807, 2.05) is 30.3 Å². The van der Waals surface area contributed by atoms with Crippen molar-refractivity contribution in [1.82, 2.24) is 4.98 Å². The van der Waals surface area contributed by atoms with Gasteiger partial charge in [0.15, 0.2) is 0 Å². The zero-order chi connectivity index (χ0) is 23.0. The lowest BCUT2D eigenvalue weighted by molar-refractivity contribution is 0.484. The third kappa shape index (κ3) is 3.93. The first kappa shape index (κ1) is 20.7. The molecule has 5 rings (SSSR count). The van der Waals surface area contributed by atoms with Crippen molar-refractivity contribution in [2.24, 2.45) is 10.2 Å². The van der Waals surface area contributed by atoms with Gasteiger partial charge in [-0.2, -0.15) is 8.42 Å². The third-order valence-corrected chi connectivity index (χ3v) is 6.28. The van der Waals surface area contributed by atoms with E-state index in [0.717, 1.165) is 22.0 Å². The maximum absolute atomic E-state index is 11.9. The Morgan fingerprint density at radius 3 is 2.21 bits per heavy atom. The van der Waals surface area contributed by atoms with Gasteiger partial charge in [-0.05, 0) is 29.0 Å². The molecule has 1 heterocycles. The highest BCUT2D eigenvalue weighted by atomic mass is 32.2. The summed E-state index contributed by atoms with van der Waals surface area (Å²) in [4.78, 5) is 4.25. The van der Waals surface area contributed by atoms with Gasteiger partial charge in [-0.3, -0.25) is 9.54 Å². The number of nitrogens with two attached hydrogens (primary N) is 1. The molecule has 0 aliphatic carbocycles. The summed E-state index contributed by atoms with van der Waals surface area (Å²) in [5.74, 6) is 0. The molecule has 4 aromatic carbocycles. The van der Waals surface area contributed by atoms with E-state index in [0.29, 0.717) is 16.5 Å². The van der Waals surface area contributed by atoms with Crippen molar-refractivity contribution in [2.75, 3.05) is 5.73 Å². The first-order valence-corrected chi connectivity index (χ1v) is 11.5. The van der Waals surface area contributed by atoms with Crippen molar-refractivity contribution in [3.63, 3.8) is 0 Å². The van der Waals surface area contributed by atoms with Crippen LogP contribution in [0.15, 0.2) is 106 Å². The average molecular weight is 455 g/mol. The molecule has 0 aliphatic rings. The Bertz CT molecular complexity index is 1640. The van der Waals surface area contributed by atoms with Crippen LogP contribution in [0.5, 0.6) is 0 Å². The fourth-order valence-corrected chi connectivity index (χ4v) is 4.53. The van der Waals surface area contributed by atoms with Gasteiger partial charge < -0.3 is 5.73 Å². The second-order valence-electron chi connectivity index (χ2n) is 7.46. The van der Waals surface area contributed by atoms with E-state index in [9.17, 15) is 13.0 Å². The fraction of sp³-hybridized carbons (Fsp3) is 0. The standard InChI is InChI=1S/C25H18N4O3S/c26-25-21-10-4-3-9-20(21)24(33(30,31)32)14-23(25)29-28-17-12-13-22(27-15-17)19-11-5-7-16-6-1-2-8-18(16)19/h1-15H,26H2,(H,30,31,32). The summed E-state index contributed by atoms with van der Waals surface area (Å²) in [6, 6.07) is 25.6.